The molecule has 2 aliphatic carbocycles. The average Bonchev–Trinajstić information content (AvgIpc) is 3.29. The van der Waals surface area contributed by atoms with Gasteiger partial charge in [-0.15, -0.1) is 13.2 Å². The van der Waals surface area contributed by atoms with Crippen molar-refractivity contribution >= 4 is 12.0 Å². The van der Waals surface area contributed by atoms with Crippen LogP contribution >= 0.6 is 0 Å². The van der Waals surface area contributed by atoms with Crippen LogP contribution in [0.5, 0.6) is 0 Å². The Balaban J connectivity index is 0.998. The van der Waals surface area contributed by atoms with Crippen LogP contribution in [-0.2, 0) is 14.3 Å². The van der Waals surface area contributed by atoms with Gasteiger partial charge in [0.05, 0.1) is 24.8 Å². The molecule has 9 nitrogen and oxygen atoms in total. The number of alkyl halides is 4. The minimum Gasteiger partial charge on any atom is -0.449 e. The van der Waals surface area contributed by atoms with Gasteiger partial charge >= 0.3 is 12.5 Å². The molecule has 5 aliphatic rings. The van der Waals surface area contributed by atoms with Gasteiger partial charge in [0.15, 0.2) is 0 Å². The zero-order valence-electron chi connectivity index (χ0n) is 20.1. The smallest absolute Gasteiger partial charge is 0.449 e. The minimum atomic E-state index is -4.86. The molecule has 5 rings (SSSR count). The van der Waals surface area contributed by atoms with E-state index in [-0.39, 0.29) is 54.7 Å². The van der Waals surface area contributed by atoms with Gasteiger partial charge in [0, 0.05) is 37.5 Å². The molecular formula is C23H33F4N5O4. The summed E-state index contributed by atoms with van der Waals surface area (Å²) in [7, 11) is 0. The molecule has 3 aliphatic heterocycles. The molecule has 2 amide bonds. The van der Waals surface area contributed by atoms with Gasteiger partial charge in [-0.1, -0.05) is 5.22 Å². The number of ether oxygens (including phenoxy) is 2. The van der Waals surface area contributed by atoms with Crippen LogP contribution < -0.4 is 5.43 Å². The average molecular weight is 520 g/mol. The maximum atomic E-state index is 14.1. The Kier molecular flexibility index (Phi) is 7.03. The summed E-state index contributed by atoms with van der Waals surface area (Å²) >= 11 is 0. The number of carbonyl (C=O) groups excluding carboxylic acids is 2. The van der Waals surface area contributed by atoms with Crippen LogP contribution in [-0.4, -0.2) is 85.3 Å². The normalized spacial score (nSPS) is 35.7. The van der Waals surface area contributed by atoms with E-state index in [9.17, 15) is 27.2 Å². The number of fused-ring (bicyclic) bond motifs is 1. The van der Waals surface area contributed by atoms with E-state index in [0.717, 1.165) is 32.1 Å². The van der Waals surface area contributed by atoms with Crippen LogP contribution in [0.2, 0.25) is 0 Å². The number of carbonyl (C=O) groups is 2. The molecule has 2 saturated carbocycles. The monoisotopic (exact) mass is 519 g/mol. The largest absolute Gasteiger partial charge is 0.522 e. The van der Waals surface area contributed by atoms with E-state index >= 15 is 0 Å². The fraction of sp³-hybridized carbons (Fsp3) is 0.913. The number of hydrogen-bond donors (Lipinski definition) is 1. The molecule has 0 radical (unpaired) electrons. The Bertz CT molecular complexity index is 858. The van der Waals surface area contributed by atoms with Crippen molar-refractivity contribution in [3.8, 4) is 0 Å². The molecule has 0 bridgehead atoms. The maximum Gasteiger partial charge on any atom is 0.522 e. The van der Waals surface area contributed by atoms with E-state index in [0.29, 0.717) is 32.6 Å². The lowest BCUT2D eigenvalue weighted by Crippen LogP contribution is -2.62. The van der Waals surface area contributed by atoms with Gasteiger partial charge in [-0.25, -0.2) is 9.18 Å². The van der Waals surface area contributed by atoms with E-state index in [4.69, 9.17) is 4.74 Å². The van der Waals surface area contributed by atoms with E-state index < -0.39 is 24.7 Å². The molecule has 0 aromatic heterocycles. The number of rotatable bonds is 4. The molecule has 0 aromatic rings. The second-order valence-electron chi connectivity index (χ2n) is 11.1. The Morgan fingerprint density at radius 2 is 1.78 bits per heavy atom. The highest BCUT2D eigenvalue weighted by molar-refractivity contribution is 5.79. The minimum absolute atomic E-state index is 0.00294. The third-order valence-corrected chi connectivity index (χ3v) is 8.59. The van der Waals surface area contributed by atoms with Gasteiger partial charge in [0.25, 0.3) is 0 Å². The van der Waals surface area contributed by atoms with Crippen molar-refractivity contribution in [3.05, 3.63) is 0 Å². The second-order valence-corrected chi connectivity index (χ2v) is 11.1. The van der Waals surface area contributed by atoms with Gasteiger partial charge in [0.2, 0.25) is 5.91 Å². The van der Waals surface area contributed by atoms with E-state index in [2.05, 4.69) is 20.5 Å². The van der Waals surface area contributed by atoms with E-state index in [1.54, 1.807) is 4.90 Å². The van der Waals surface area contributed by atoms with Gasteiger partial charge < -0.3 is 14.5 Å². The highest BCUT2D eigenvalue weighted by Crippen LogP contribution is 2.42. The van der Waals surface area contributed by atoms with Gasteiger partial charge in [0.1, 0.15) is 6.17 Å². The topological polar surface area (TPSA) is 95.8 Å². The number of nitrogens with zero attached hydrogens (tertiary/aromatic N) is 4. The number of likely N-dealkylation sites (tertiary alicyclic amines) is 2. The Hall–Kier alpha value is -2.18. The van der Waals surface area contributed by atoms with Crippen LogP contribution in [0.15, 0.2) is 10.3 Å². The number of halogens is 4. The highest BCUT2D eigenvalue weighted by atomic mass is 19.4. The van der Waals surface area contributed by atoms with Crippen molar-refractivity contribution in [2.75, 3.05) is 32.8 Å². The number of hydrogen-bond acceptors (Lipinski definition) is 7. The first-order valence-electron chi connectivity index (χ1n) is 12.9. The van der Waals surface area contributed by atoms with Crippen LogP contribution in [0.1, 0.15) is 51.4 Å². The summed E-state index contributed by atoms with van der Waals surface area (Å²) in [4.78, 5) is 29.1. The second kappa shape index (κ2) is 9.94. The summed E-state index contributed by atoms with van der Waals surface area (Å²) in [5.74, 6) is -0.115. The lowest BCUT2D eigenvalue weighted by atomic mass is 9.72. The fourth-order valence-electron chi connectivity index (χ4n) is 6.41. The van der Waals surface area contributed by atoms with Crippen molar-refractivity contribution in [2.45, 2.75) is 82.1 Å². The van der Waals surface area contributed by atoms with Crippen LogP contribution in [0.4, 0.5) is 22.4 Å². The van der Waals surface area contributed by atoms with Crippen molar-refractivity contribution in [1.29, 1.82) is 0 Å². The number of piperidine rings is 1. The predicted molar refractivity (Wildman–Crippen MR) is 117 cm³/mol. The molecule has 4 fully saturated rings. The molecule has 202 valence electrons. The third-order valence-electron chi connectivity index (χ3n) is 8.59. The number of nitrogens with one attached hydrogen (secondary N) is 1. The molecule has 1 N–H and O–H groups in total. The van der Waals surface area contributed by atoms with Crippen LogP contribution in [0.25, 0.3) is 0 Å². The molecule has 1 spiro atoms. The first-order chi connectivity index (χ1) is 17.1. The van der Waals surface area contributed by atoms with Crippen molar-refractivity contribution in [2.24, 2.45) is 27.6 Å². The Morgan fingerprint density at radius 3 is 2.47 bits per heavy atom. The standard InChI is InChI=1S/C23H33F4N5O4/c24-16-9-14(1-4-19(16)36-23(25,26)27)11-35-21(34)32-12-22(13-32)5-7-31(8-6-22)20(33)15-2-3-17-18(10-15)29-30-28-17/h14-19H,1-13H2,(H,28,29). The molecule has 0 aromatic carbocycles. The molecular weight excluding hydrogens is 486 g/mol. The first-order valence-corrected chi connectivity index (χ1v) is 12.9. The van der Waals surface area contributed by atoms with Crippen molar-refractivity contribution < 1.29 is 36.6 Å². The van der Waals surface area contributed by atoms with Gasteiger partial charge in [-0.3, -0.25) is 15.0 Å². The van der Waals surface area contributed by atoms with Crippen molar-refractivity contribution in [1.82, 2.24) is 15.2 Å². The fourth-order valence-corrected chi connectivity index (χ4v) is 6.41. The van der Waals surface area contributed by atoms with Crippen LogP contribution in [0, 0.1) is 17.3 Å². The molecule has 36 heavy (non-hydrogen) atoms. The molecule has 6 atom stereocenters. The van der Waals surface area contributed by atoms with Gasteiger partial charge in [-0.05, 0) is 57.3 Å². The molecule has 13 heteroatoms. The summed E-state index contributed by atoms with van der Waals surface area (Å²) in [6.45, 7) is 2.46. The lowest BCUT2D eigenvalue weighted by Gasteiger charge is -2.53. The van der Waals surface area contributed by atoms with Crippen molar-refractivity contribution in [3.63, 3.8) is 0 Å². The SMILES string of the molecule is O=C(OCC1CCC(OC(F)(F)F)C(F)C1)N1CC2(CCN(C(=O)C3CCC4N=NNC4C3)CC2)C1. The molecule has 3 heterocycles. The van der Waals surface area contributed by atoms with E-state index in [1.807, 2.05) is 4.90 Å². The summed E-state index contributed by atoms with van der Waals surface area (Å²) in [6, 6.07) is 0.352. The zero-order valence-corrected chi connectivity index (χ0v) is 20.1. The first kappa shape index (κ1) is 25.5. The third kappa shape index (κ3) is 5.55. The summed E-state index contributed by atoms with van der Waals surface area (Å²) in [5, 5.41) is 8.07. The zero-order chi connectivity index (χ0) is 25.5. The lowest BCUT2D eigenvalue weighted by molar-refractivity contribution is -0.351. The summed E-state index contributed by atoms with van der Waals surface area (Å²) in [5.41, 5.74) is 3.00. The Morgan fingerprint density at radius 1 is 1.03 bits per heavy atom. The predicted octanol–water partition coefficient (Wildman–Crippen LogP) is 3.60. The number of amides is 2. The summed E-state index contributed by atoms with van der Waals surface area (Å²) in [6.07, 6.45) is -4.30. The molecule has 6 unspecified atom stereocenters. The van der Waals surface area contributed by atoms with Crippen LogP contribution in [0.3, 0.4) is 0 Å². The quantitative estimate of drug-likeness (QED) is 0.573. The maximum absolute atomic E-state index is 14.1. The highest BCUT2D eigenvalue weighted by Gasteiger charge is 2.49. The summed E-state index contributed by atoms with van der Waals surface area (Å²) < 4.78 is 60.3. The molecule has 2 saturated heterocycles. The Labute approximate surface area is 206 Å². The van der Waals surface area contributed by atoms with Gasteiger partial charge in [-0.2, -0.15) is 5.11 Å². The van der Waals surface area contributed by atoms with E-state index in [1.165, 1.54) is 0 Å².